The molecule has 2 saturated carbocycles. The molecule has 5 N–H and O–H groups in total. The summed E-state index contributed by atoms with van der Waals surface area (Å²) >= 11 is 0. The highest BCUT2D eigenvalue weighted by Crippen LogP contribution is 2.51. The summed E-state index contributed by atoms with van der Waals surface area (Å²) in [4.78, 5) is 54.2. The van der Waals surface area contributed by atoms with Crippen LogP contribution in [0.5, 0.6) is 5.75 Å². The number of carbonyl (C=O) groups is 4. The minimum atomic E-state index is -2.63. The summed E-state index contributed by atoms with van der Waals surface area (Å²) < 4.78 is 0. The summed E-state index contributed by atoms with van der Waals surface area (Å²) in [6.45, 7) is 4.09. The van der Waals surface area contributed by atoms with Crippen LogP contribution in [0.3, 0.4) is 0 Å². The van der Waals surface area contributed by atoms with Crippen molar-refractivity contribution >= 4 is 23.3 Å². The summed E-state index contributed by atoms with van der Waals surface area (Å²) in [5.74, 6) is -8.47. The van der Waals surface area contributed by atoms with Crippen molar-refractivity contribution in [1.82, 2.24) is 4.90 Å². The summed E-state index contributed by atoms with van der Waals surface area (Å²) in [7, 11) is 3.25. The van der Waals surface area contributed by atoms with E-state index in [4.69, 9.17) is 5.73 Å². The van der Waals surface area contributed by atoms with Gasteiger partial charge in [0, 0.05) is 12.0 Å². The molecular formula is C25H32N2O7. The summed E-state index contributed by atoms with van der Waals surface area (Å²) in [5.41, 5.74) is 4.42. The first-order valence-corrected chi connectivity index (χ1v) is 11.6. The number of ketones is 3. The van der Waals surface area contributed by atoms with Gasteiger partial charge in [0.15, 0.2) is 23.0 Å². The number of benzene rings is 1. The van der Waals surface area contributed by atoms with Gasteiger partial charge in [-0.2, -0.15) is 0 Å². The van der Waals surface area contributed by atoms with Crippen LogP contribution in [0, 0.1) is 29.6 Å². The second kappa shape index (κ2) is 8.25. The molecule has 0 bridgehead atoms. The molecule has 9 nitrogen and oxygen atoms in total. The van der Waals surface area contributed by atoms with Crippen LogP contribution in [-0.4, -0.2) is 75.3 Å². The van der Waals surface area contributed by atoms with Gasteiger partial charge in [-0.25, -0.2) is 0 Å². The smallest absolute Gasteiger partial charge is 0.230 e. The second-order valence-electron chi connectivity index (χ2n) is 10.7. The van der Waals surface area contributed by atoms with Crippen LogP contribution < -0.4 is 5.73 Å². The quantitative estimate of drug-likeness (QED) is 0.441. The zero-order valence-corrected chi connectivity index (χ0v) is 19.8. The molecular weight excluding hydrogens is 440 g/mol. The molecule has 184 valence electrons. The van der Waals surface area contributed by atoms with Gasteiger partial charge in [-0.15, -0.1) is 0 Å². The number of rotatable bonds is 4. The minimum Gasteiger partial charge on any atom is -0.507 e. The molecule has 1 aromatic rings. The Morgan fingerprint density at radius 2 is 1.85 bits per heavy atom. The largest absolute Gasteiger partial charge is 0.507 e. The Bertz CT molecular complexity index is 1080. The van der Waals surface area contributed by atoms with E-state index in [2.05, 4.69) is 0 Å². The normalized spacial score (nSPS) is 35.2. The standard InChI is InChI=1S/C25H32N2O7/c1-10(2)7-11-5-6-15(28)17-13(11)8-12-9-14-19(27(3)4)21(30)18(24(26)33)23(32)25(14,34)22(31)16(12)20(17)29/h5-6,10,12,14,16,18-19,21,28,30,34H,7-9H2,1-4H3,(H2,26,33)/t12-,14-,16?,18?,19-,21?,25-/m1/s1. The van der Waals surface area contributed by atoms with E-state index in [9.17, 15) is 34.5 Å². The van der Waals surface area contributed by atoms with Gasteiger partial charge in [-0.3, -0.25) is 19.2 Å². The fraction of sp³-hybridized carbons (Fsp3) is 0.600. The SMILES string of the molecule is CC(C)Cc1ccc(O)c2c1C[C@@H]1C[C@@H]3[C@@H](N(C)C)C(O)C(C(N)=O)C(=O)[C@]3(O)C(=O)C1C2=O. The average Bonchev–Trinajstić information content (AvgIpc) is 2.72. The molecule has 0 aromatic heterocycles. The monoisotopic (exact) mass is 472 g/mol. The molecule has 7 atom stereocenters. The van der Waals surface area contributed by atoms with Crippen molar-refractivity contribution in [3.63, 3.8) is 0 Å². The zero-order chi connectivity index (χ0) is 25.3. The molecule has 34 heavy (non-hydrogen) atoms. The van der Waals surface area contributed by atoms with Gasteiger partial charge in [0.1, 0.15) is 11.7 Å². The highest BCUT2D eigenvalue weighted by molar-refractivity contribution is 6.25. The van der Waals surface area contributed by atoms with Crippen molar-refractivity contribution in [2.24, 2.45) is 35.3 Å². The number of phenolic OH excluding ortho intramolecular Hbond substituents is 1. The third kappa shape index (κ3) is 3.32. The second-order valence-corrected chi connectivity index (χ2v) is 10.7. The first-order valence-electron chi connectivity index (χ1n) is 11.6. The van der Waals surface area contributed by atoms with Crippen LogP contribution in [0.15, 0.2) is 12.1 Å². The lowest BCUT2D eigenvalue weighted by Gasteiger charge is -2.54. The van der Waals surface area contributed by atoms with Crippen LogP contribution in [-0.2, 0) is 27.2 Å². The number of aliphatic hydroxyl groups excluding tert-OH is 1. The van der Waals surface area contributed by atoms with E-state index in [0.29, 0.717) is 24.3 Å². The lowest BCUT2D eigenvalue weighted by atomic mass is 9.52. The molecule has 9 heteroatoms. The number of amides is 1. The zero-order valence-electron chi connectivity index (χ0n) is 19.8. The first kappa shape index (κ1) is 24.5. The van der Waals surface area contributed by atoms with Crippen molar-refractivity contribution in [3.05, 3.63) is 28.8 Å². The number of primary amides is 1. The van der Waals surface area contributed by atoms with E-state index in [1.165, 1.54) is 6.07 Å². The summed E-state index contributed by atoms with van der Waals surface area (Å²) in [5, 5.41) is 33.0. The van der Waals surface area contributed by atoms with Crippen molar-refractivity contribution in [2.75, 3.05) is 14.1 Å². The molecule has 1 amide bonds. The van der Waals surface area contributed by atoms with Crippen LogP contribution in [0.1, 0.15) is 41.8 Å². The lowest BCUT2D eigenvalue weighted by Crippen LogP contribution is -2.75. The maximum absolute atomic E-state index is 13.7. The van der Waals surface area contributed by atoms with E-state index < -0.39 is 64.7 Å². The number of nitrogens with two attached hydrogens (primary N) is 1. The summed E-state index contributed by atoms with van der Waals surface area (Å²) in [6.07, 6.45) is -0.371. The van der Waals surface area contributed by atoms with Crippen molar-refractivity contribution < 1.29 is 34.5 Å². The van der Waals surface area contributed by atoms with E-state index >= 15 is 0 Å². The molecule has 3 aliphatic carbocycles. The number of carbonyl (C=O) groups excluding carboxylic acids is 4. The van der Waals surface area contributed by atoms with Crippen LogP contribution in [0.4, 0.5) is 0 Å². The maximum Gasteiger partial charge on any atom is 0.230 e. The maximum atomic E-state index is 13.7. The molecule has 1 aromatic carbocycles. The number of hydrogen-bond donors (Lipinski definition) is 4. The first-order chi connectivity index (χ1) is 15.8. The van der Waals surface area contributed by atoms with E-state index in [-0.39, 0.29) is 17.7 Å². The van der Waals surface area contributed by atoms with Crippen LogP contribution >= 0.6 is 0 Å². The third-order valence-electron chi connectivity index (χ3n) is 7.90. The van der Waals surface area contributed by atoms with E-state index in [1.807, 2.05) is 13.8 Å². The molecule has 3 unspecified atom stereocenters. The third-order valence-corrected chi connectivity index (χ3v) is 7.90. The molecule has 0 spiro atoms. The molecule has 0 radical (unpaired) electrons. The van der Waals surface area contributed by atoms with Gasteiger partial charge in [0.25, 0.3) is 0 Å². The fourth-order valence-corrected chi connectivity index (χ4v) is 6.52. The topological polar surface area (TPSA) is 158 Å². The number of aliphatic hydroxyl groups is 2. The molecule has 4 rings (SSSR count). The molecule has 0 heterocycles. The van der Waals surface area contributed by atoms with Crippen molar-refractivity contribution in [3.8, 4) is 5.75 Å². The number of likely N-dealkylation sites (N-methyl/N-ethyl adjacent to an activating group) is 1. The average molecular weight is 473 g/mol. The van der Waals surface area contributed by atoms with Gasteiger partial charge >= 0.3 is 0 Å². The predicted octanol–water partition coefficient (Wildman–Crippen LogP) is -0.143. The molecule has 2 fully saturated rings. The number of hydrogen-bond acceptors (Lipinski definition) is 8. The van der Waals surface area contributed by atoms with Gasteiger partial charge in [-0.1, -0.05) is 19.9 Å². The molecule has 3 aliphatic rings. The number of fused-ring (bicyclic) bond motifs is 3. The highest BCUT2D eigenvalue weighted by Gasteiger charge is 2.69. The van der Waals surface area contributed by atoms with E-state index in [0.717, 1.165) is 5.56 Å². The number of phenols is 1. The number of nitrogens with zero attached hydrogens (tertiary/aromatic N) is 1. The fourth-order valence-electron chi connectivity index (χ4n) is 6.52. The minimum absolute atomic E-state index is 0.0636. The van der Waals surface area contributed by atoms with Gasteiger partial charge in [0.2, 0.25) is 5.91 Å². The number of aromatic hydroxyl groups is 1. The van der Waals surface area contributed by atoms with Crippen LogP contribution in [0.2, 0.25) is 0 Å². The molecule has 0 saturated heterocycles. The Morgan fingerprint density at radius 3 is 2.41 bits per heavy atom. The van der Waals surface area contributed by atoms with Gasteiger partial charge in [0.05, 0.1) is 17.6 Å². The molecule has 0 aliphatic heterocycles. The summed E-state index contributed by atoms with van der Waals surface area (Å²) in [6, 6.07) is 2.32. The van der Waals surface area contributed by atoms with Crippen molar-refractivity contribution in [2.45, 2.75) is 50.9 Å². The van der Waals surface area contributed by atoms with Gasteiger partial charge < -0.3 is 26.0 Å². The highest BCUT2D eigenvalue weighted by atomic mass is 16.3. The lowest BCUT2D eigenvalue weighted by molar-refractivity contribution is -0.190. The Kier molecular flexibility index (Phi) is 5.95. The van der Waals surface area contributed by atoms with E-state index in [1.54, 1.807) is 25.1 Å². The Balaban J connectivity index is 1.85. The Hall–Kier alpha value is -2.62. The van der Waals surface area contributed by atoms with Gasteiger partial charge in [-0.05, 0) is 62.4 Å². The van der Waals surface area contributed by atoms with Crippen LogP contribution in [0.25, 0.3) is 0 Å². The Labute approximate surface area is 197 Å². The predicted molar refractivity (Wildman–Crippen MR) is 121 cm³/mol. The Morgan fingerprint density at radius 1 is 1.21 bits per heavy atom. The van der Waals surface area contributed by atoms with Crippen molar-refractivity contribution in [1.29, 1.82) is 0 Å². The number of Topliss-reactive ketones (excluding diaryl/α,β-unsaturated/α-hetero) is 3.